The summed E-state index contributed by atoms with van der Waals surface area (Å²) in [5.41, 5.74) is 0.686. The molecule has 2 rings (SSSR count). The Bertz CT molecular complexity index is 576. The lowest BCUT2D eigenvalue weighted by Crippen LogP contribution is -2.31. The van der Waals surface area contributed by atoms with Gasteiger partial charge < -0.3 is 10.1 Å². The Labute approximate surface area is 191 Å². The van der Waals surface area contributed by atoms with Gasteiger partial charge in [-0.1, -0.05) is 26.0 Å². The summed E-state index contributed by atoms with van der Waals surface area (Å²) in [5.74, 6) is 4.84. The molecule has 0 bridgehead atoms. The molecule has 2 nitrogen and oxygen atoms in total. The van der Waals surface area contributed by atoms with Gasteiger partial charge in [0, 0.05) is 18.7 Å². The molecule has 31 heavy (non-hydrogen) atoms. The highest BCUT2D eigenvalue weighted by Crippen LogP contribution is 2.41. The average Bonchev–Trinajstić information content (AvgIpc) is 2.74. The van der Waals surface area contributed by atoms with Crippen molar-refractivity contribution in [3.63, 3.8) is 0 Å². The third kappa shape index (κ3) is 9.41. The quantitative estimate of drug-likeness (QED) is 0.203. The van der Waals surface area contributed by atoms with Crippen molar-refractivity contribution in [3.8, 4) is 0 Å². The summed E-state index contributed by atoms with van der Waals surface area (Å²) in [7, 11) is 0. The molecule has 2 aliphatic rings. The van der Waals surface area contributed by atoms with Crippen molar-refractivity contribution in [2.24, 2.45) is 29.6 Å². The van der Waals surface area contributed by atoms with Crippen LogP contribution in [0.15, 0.2) is 35.8 Å². The third-order valence-electron chi connectivity index (χ3n) is 7.25. The van der Waals surface area contributed by atoms with E-state index in [0.717, 1.165) is 36.5 Å². The number of alkyl halides is 1. The number of halogens is 1. The van der Waals surface area contributed by atoms with E-state index in [1.54, 1.807) is 6.92 Å². The first-order valence-electron chi connectivity index (χ1n) is 13.0. The second-order valence-electron chi connectivity index (χ2n) is 10.3. The summed E-state index contributed by atoms with van der Waals surface area (Å²) in [6, 6.07) is 0. The third-order valence-corrected chi connectivity index (χ3v) is 7.25. The van der Waals surface area contributed by atoms with Crippen LogP contribution in [0.3, 0.4) is 0 Å². The zero-order valence-corrected chi connectivity index (χ0v) is 20.8. The average molecular weight is 434 g/mol. The molecule has 0 amide bonds. The fraction of sp³-hybridized carbons (Fsp3) is 0.786. The molecule has 2 saturated carbocycles. The fourth-order valence-electron chi connectivity index (χ4n) is 5.48. The normalized spacial score (nSPS) is 29.4. The molecule has 2 aliphatic carbocycles. The predicted octanol–water partition coefficient (Wildman–Crippen LogP) is 7.97. The highest BCUT2D eigenvalue weighted by molar-refractivity contribution is 5.17. The van der Waals surface area contributed by atoms with Crippen LogP contribution in [0.1, 0.15) is 92.4 Å². The van der Waals surface area contributed by atoms with E-state index in [0.29, 0.717) is 24.1 Å². The van der Waals surface area contributed by atoms with Gasteiger partial charge in [0.25, 0.3) is 0 Å². The Hall–Kier alpha value is -1.25. The van der Waals surface area contributed by atoms with Crippen LogP contribution in [0.4, 0.5) is 4.39 Å². The van der Waals surface area contributed by atoms with Crippen molar-refractivity contribution in [2.75, 3.05) is 13.2 Å². The van der Waals surface area contributed by atoms with Gasteiger partial charge in [0.05, 0.1) is 12.4 Å². The van der Waals surface area contributed by atoms with Crippen LogP contribution < -0.4 is 5.32 Å². The first-order chi connectivity index (χ1) is 14.9. The lowest BCUT2D eigenvalue weighted by Gasteiger charge is -2.37. The van der Waals surface area contributed by atoms with Crippen molar-refractivity contribution in [1.29, 1.82) is 0 Å². The van der Waals surface area contributed by atoms with Gasteiger partial charge in [-0.25, -0.2) is 4.39 Å². The van der Waals surface area contributed by atoms with Crippen LogP contribution in [0.5, 0.6) is 0 Å². The molecule has 3 heteroatoms. The summed E-state index contributed by atoms with van der Waals surface area (Å²) in [6.07, 6.45) is 19.3. The van der Waals surface area contributed by atoms with E-state index in [-0.39, 0.29) is 0 Å². The Balaban J connectivity index is 1.80. The largest absolute Gasteiger partial charge is 0.498 e. The number of rotatable bonds is 11. The van der Waals surface area contributed by atoms with Gasteiger partial charge in [0.2, 0.25) is 0 Å². The molecule has 0 aromatic heterocycles. The number of nitrogens with one attached hydrogen (secondary N) is 1. The van der Waals surface area contributed by atoms with Crippen molar-refractivity contribution in [2.45, 2.75) is 98.6 Å². The molecule has 0 heterocycles. The molecule has 0 aromatic rings. The van der Waals surface area contributed by atoms with Gasteiger partial charge in [-0.3, -0.25) is 0 Å². The van der Waals surface area contributed by atoms with E-state index in [4.69, 9.17) is 4.74 Å². The van der Waals surface area contributed by atoms with Gasteiger partial charge >= 0.3 is 0 Å². The molecule has 1 unspecified atom stereocenters. The Morgan fingerprint density at radius 2 is 1.58 bits per heavy atom. The van der Waals surface area contributed by atoms with Crippen molar-refractivity contribution in [1.82, 2.24) is 5.32 Å². The first-order valence-corrected chi connectivity index (χ1v) is 13.0. The van der Waals surface area contributed by atoms with Gasteiger partial charge in [-0.2, -0.15) is 0 Å². The Morgan fingerprint density at radius 1 is 0.968 bits per heavy atom. The lowest BCUT2D eigenvalue weighted by atomic mass is 9.69. The highest BCUT2D eigenvalue weighted by Gasteiger charge is 2.30. The van der Waals surface area contributed by atoms with Crippen molar-refractivity contribution >= 4 is 0 Å². The minimum Gasteiger partial charge on any atom is -0.498 e. The molecule has 0 aromatic carbocycles. The van der Waals surface area contributed by atoms with E-state index >= 15 is 0 Å². The SMILES string of the molecule is C/C=C\C1CCC(C2CCC(CN/C(=C/C=C(\CC(C)C)OCC)C(C)F)CC2)CC1. The van der Waals surface area contributed by atoms with Gasteiger partial charge in [-0.15, -0.1) is 0 Å². The van der Waals surface area contributed by atoms with Crippen LogP contribution in [0.2, 0.25) is 0 Å². The summed E-state index contributed by atoms with van der Waals surface area (Å²) in [4.78, 5) is 0. The molecule has 0 saturated heterocycles. The maximum atomic E-state index is 14.2. The van der Waals surface area contributed by atoms with Crippen molar-refractivity contribution < 1.29 is 9.13 Å². The first kappa shape index (κ1) is 26.0. The summed E-state index contributed by atoms with van der Waals surface area (Å²) < 4.78 is 19.9. The minimum absolute atomic E-state index is 0.527. The van der Waals surface area contributed by atoms with E-state index in [2.05, 4.69) is 38.2 Å². The molecule has 0 spiro atoms. The second kappa shape index (κ2) is 14.0. The molecule has 1 N–H and O–H groups in total. The number of ether oxygens (including phenoxy) is 1. The van der Waals surface area contributed by atoms with Gasteiger partial charge in [-0.05, 0) is 114 Å². The van der Waals surface area contributed by atoms with Crippen LogP contribution in [-0.4, -0.2) is 19.3 Å². The molecule has 1 atom stereocenters. The lowest BCUT2D eigenvalue weighted by molar-refractivity contribution is 0.155. The van der Waals surface area contributed by atoms with Crippen LogP contribution in [-0.2, 0) is 4.74 Å². The molecule has 0 aliphatic heterocycles. The summed E-state index contributed by atoms with van der Waals surface area (Å²) in [5, 5.41) is 3.43. The maximum Gasteiger partial charge on any atom is 0.137 e. The van der Waals surface area contributed by atoms with Gasteiger partial charge in [0.15, 0.2) is 0 Å². The molecule has 178 valence electrons. The van der Waals surface area contributed by atoms with Crippen LogP contribution in [0, 0.1) is 29.6 Å². The second-order valence-corrected chi connectivity index (χ2v) is 10.3. The highest BCUT2D eigenvalue weighted by atomic mass is 19.1. The minimum atomic E-state index is -0.984. The molecular weight excluding hydrogens is 385 g/mol. The molecule has 2 fully saturated rings. The topological polar surface area (TPSA) is 21.3 Å². The zero-order valence-electron chi connectivity index (χ0n) is 20.8. The number of hydrogen-bond acceptors (Lipinski definition) is 2. The van der Waals surface area contributed by atoms with Gasteiger partial charge in [0.1, 0.15) is 6.17 Å². The van der Waals surface area contributed by atoms with Crippen LogP contribution in [0.25, 0.3) is 0 Å². The zero-order chi connectivity index (χ0) is 22.6. The monoisotopic (exact) mass is 433 g/mol. The predicted molar refractivity (Wildman–Crippen MR) is 132 cm³/mol. The standard InChI is InChI=1S/C28H48FNO/c1-6-8-23-9-13-25(14-10-23)26-15-11-24(12-16-26)20-30-28(22(5)29)18-17-27(31-7-2)19-21(3)4/h6,8,17-18,21-26,30H,7,9-16,19-20H2,1-5H3/b8-6-,27-17+,28-18+. The number of allylic oxidation sites excluding steroid dienone is 6. The van der Waals surface area contributed by atoms with E-state index in [9.17, 15) is 4.39 Å². The van der Waals surface area contributed by atoms with Crippen molar-refractivity contribution in [3.05, 3.63) is 35.8 Å². The summed E-state index contributed by atoms with van der Waals surface area (Å²) >= 11 is 0. The van der Waals surface area contributed by atoms with E-state index < -0.39 is 6.17 Å². The Kier molecular flexibility index (Phi) is 11.8. The summed E-state index contributed by atoms with van der Waals surface area (Å²) in [6.45, 7) is 11.7. The van der Waals surface area contributed by atoms with E-state index in [1.807, 2.05) is 19.1 Å². The number of hydrogen-bond donors (Lipinski definition) is 1. The van der Waals surface area contributed by atoms with Crippen LogP contribution >= 0.6 is 0 Å². The smallest absolute Gasteiger partial charge is 0.137 e. The maximum absolute atomic E-state index is 14.2. The molecular formula is C28H48FNO. The van der Waals surface area contributed by atoms with E-state index in [1.165, 1.54) is 51.4 Å². The molecule has 0 radical (unpaired) electrons. The fourth-order valence-corrected chi connectivity index (χ4v) is 5.48. The Morgan fingerprint density at radius 3 is 2.10 bits per heavy atom.